The number of aromatic nitrogens is 2. The summed E-state index contributed by atoms with van der Waals surface area (Å²) in [6.07, 6.45) is 4.16. The lowest BCUT2D eigenvalue weighted by atomic mass is 10.0. The third kappa shape index (κ3) is 4.42. The topological polar surface area (TPSA) is 58.0 Å². The van der Waals surface area contributed by atoms with Gasteiger partial charge in [-0.2, -0.15) is 0 Å². The van der Waals surface area contributed by atoms with Crippen molar-refractivity contribution < 1.29 is 5.11 Å². The van der Waals surface area contributed by atoms with Crippen LogP contribution in [-0.2, 0) is 6.42 Å². The number of nitrogens with one attached hydrogen (secondary N) is 1. The van der Waals surface area contributed by atoms with Gasteiger partial charge in [0.15, 0.2) is 0 Å². The zero-order valence-electron chi connectivity index (χ0n) is 11.3. The van der Waals surface area contributed by atoms with Crippen molar-refractivity contribution in [2.75, 3.05) is 11.9 Å². The van der Waals surface area contributed by atoms with Gasteiger partial charge in [0.05, 0.1) is 12.6 Å². The number of hydrogen-bond donors (Lipinski definition) is 2. The van der Waals surface area contributed by atoms with Crippen molar-refractivity contribution in [3.63, 3.8) is 0 Å². The van der Waals surface area contributed by atoms with Gasteiger partial charge in [-0.05, 0) is 18.8 Å². The first kappa shape index (κ1) is 15.2. The van der Waals surface area contributed by atoms with E-state index in [1.165, 1.54) is 6.33 Å². The van der Waals surface area contributed by atoms with Gasteiger partial charge in [0, 0.05) is 5.56 Å². The molecule has 0 aromatic carbocycles. The molecule has 0 bridgehead atoms. The van der Waals surface area contributed by atoms with Gasteiger partial charge in [0.1, 0.15) is 17.3 Å². The highest BCUT2D eigenvalue weighted by molar-refractivity contribution is 6.30. The van der Waals surface area contributed by atoms with Crippen molar-refractivity contribution in [3.05, 3.63) is 17.0 Å². The number of rotatable bonds is 7. The minimum atomic E-state index is 0.00609. The smallest absolute Gasteiger partial charge is 0.137 e. The quantitative estimate of drug-likeness (QED) is 0.749. The Hall–Kier alpha value is -0.870. The highest BCUT2D eigenvalue weighted by Gasteiger charge is 2.14. The standard InChI is InChI=1S/C13H22ClN3O/c1-4-5-11-12(14)15-8-16-13(11)17-10(7-18)6-9(2)3/h8-10,18H,4-7H2,1-3H3,(H,15,16,17). The Bertz CT molecular complexity index is 371. The second kappa shape index (κ2) is 7.54. The lowest BCUT2D eigenvalue weighted by Gasteiger charge is -2.20. The van der Waals surface area contributed by atoms with Gasteiger partial charge in [-0.1, -0.05) is 38.8 Å². The van der Waals surface area contributed by atoms with Gasteiger partial charge in [0.2, 0.25) is 0 Å². The summed E-state index contributed by atoms with van der Waals surface area (Å²) in [7, 11) is 0. The van der Waals surface area contributed by atoms with E-state index >= 15 is 0 Å². The van der Waals surface area contributed by atoms with Gasteiger partial charge in [-0.15, -0.1) is 0 Å². The van der Waals surface area contributed by atoms with E-state index in [0.717, 1.165) is 30.6 Å². The van der Waals surface area contributed by atoms with Crippen molar-refractivity contribution in [3.8, 4) is 0 Å². The molecule has 0 radical (unpaired) electrons. The monoisotopic (exact) mass is 271 g/mol. The number of nitrogens with zero attached hydrogens (tertiary/aromatic N) is 2. The van der Waals surface area contributed by atoms with E-state index in [1.54, 1.807) is 0 Å². The molecule has 1 aromatic heterocycles. The Labute approximate surface area is 114 Å². The third-order valence-electron chi connectivity index (χ3n) is 2.71. The fourth-order valence-corrected chi connectivity index (χ4v) is 2.16. The van der Waals surface area contributed by atoms with Crippen molar-refractivity contribution in [2.24, 2.45) is 5.92 Å². The molecule has 0 saturated heterocycles. The summed E-state index contributed by atoms with van der Waals surface area (Å²) in [6, 6.07) is 0.00609. The van der Waals surface area contributed by atoms with Crippen molar-refractivity contribution in [1.82, 2.24) is 9.97 Å². The molecule has 18 heavy (non-hydrogen) atoms. The van der Waals surface area contributed by atoms with E-state index in [9.17, 15) is 5.11 Å². The fraction of sp³-hybridized carbons (Fsp3) is 0.692. The van der Waals surface area contributed by atoms with Crippen LogP contribution in [0, 0.1) is 5.92 Å². The van der Waals surface area contributed by atoms with Gasteiger partial charge in [0.25, 0.3) is 0 Å². The molecule has 1 heterocycles. The normalized spacial score (nSPS) is 12.8. The molecular formula is C13H22ClN3O. The first-order chi connectivity index (χ1) is 8.58. The number of aliphatic hydroxyl groups is 1. The van der Waals surface area contributed by atoms with E-state index in [-0.39, 0.29) is 12.6 Å². The Morgan fingerprint density at radius 1 is 1.39 bits per heavy atom. The Balaban J connectivity index is 2.84. The van der Waals surface area contributed by atoms with Gasteiger partial charge in [-0.3, -0.25) is 0 Å². The Kier molecular flexibility index (Phi) is 6.36. The minimum absolute atomic E-state index is 0.00609. The minimum Gasteiger partial charge on any atom is -0.394 e. The van der Waals surface area contributed by atoms with Crippen LogP contribution in [-0.4, -0.2) is 27.7 Å². The predicted octanol–water partition coefficient (Wildman–Crippen LogP) is 2.90. The fourth-order valence-electron chi connectivity index (χ4n) is 1.93. The van der Waals surface area contributed by atoms with Crippen LogP contribution in [0.1, 0.15) is 39.2 Å². The second-order valence-electron chi connectivity index (χ2n) is 4.90. The zero-order valence-corrected chi connectivity index (χ0v) is 12.0. The van der Waals surface area contributed by atoms with Crippen LogP contribution < -0.4 is 5.32 Å². The summed E-state index contributed by atoms with van der Waals surface area (Å²) in [6.45, 7) is 6.44. The summed E-state index contributed by atoms with van der Waals surface area (Å²) >= 11 is 6.09. The molecular weight excluding hydrogens is 250 g/mol. The molecule has 5 heteroatoms. The maximum Gasteiger partial charge on any atom is 0.137 e. The van der Waals surface area contributed by atoms with Gasteiger partial charge < -0.3 is 10.4 Å². The summed E-state index contributed by atoms with van der Waals surface area (Å²) in [5.41, 5.74) is 0.934. The lowest BCUT2D eigenvalue weighted by Crippen LogP contribution is -2.27. The molecule has 0 amide bonds. The number of halogens is 1. The molecule has 1 atom stereocenters. The van der Waals surface area contributed by atoms with Crippen molar-refractivity contribution in [1.29, 1.82) is 0 Å². The zero-order chi connectivity index (χ0) is 13.5. The molecule has 0 spiro atoms. The van der Waals surface area contributed by atoms with Crippen LogP contribution in [0.3, 0.4) is 0 Å². The SMILES string of the molecule is CCCc1c(Cl)ncnc1NC(CO)CC(C)C. The molecule has 1 unspecified atom stereocenters. The maximum atomic E-state index is 9.39. The Morgan fingerprint density at radius 2 is 2.11 bits per heavy atom. The molecule has 2 N–H and O–H groups in total. The maximum absolute atomic E-state index is 9.39. The average molecular weight is 272 g/mol. The highest BCUT2D eigenvalue weighted by atomic mass is 35.5. The predicted molar refractivity (Wildman–Crippen MR) is 75.0 cm³/mol. The highest BCUT2D eigenvalue weighted by Crippen LogP contribution is 2.22. The summed E-state index contributed by atoms with van der Waals surface area (Å²) in [5.74, 6) is 1.26. The Morgan fingerprint density at radius 3 is 2.67 bits per heavy atom. The summed E-state index contributed by atoms with van der Waals surface area (Å²) < 4.78 is 0. The number of hydrogen-bond acceptors (Lipinski definition) is 4. The first-order valence-corrected chi connectivity index (χ1v) is 6.83. The largest absolute Gasteiger partial charge is 0.394 e. The van der Waals surface area contributed by atoms with Crippen molar-refractivity contribution >= 4 is 17.4 Å². The third-order valence-corrected chi connectivity index (χ3v) is 3.04. The number of aliphatic hydroxyl groups excluding tert-OH is 1. The first-order valence-electron chi connectivity index (χ1n) is 6.45. The number of anilines is 1. The lowest BCUT2D eigenvalue weighted by molar-refractivity contribution is 0.259. The van der Waals surface area contributed by atoms with Crippen LogP contribution in [0.5, 0.6) is 0 Å². The van der Waals surface area contributed by atoms with Crippen LogP contribution >= 0.6 is 11.6 Å². The molecule has 0 saturated carbocycles. The molecule has 0 aliphatic rings. The molecule has 0 fully saturated rings. The van der Waals surface area contributed by atoms with Crippen LogP contribution in [0.2, 0.25) is 5.15 Å². The molecule has 0 aliphatic carbocycles. The van der Waals surface area contributed by atoms with Gasteiger partial charge >= 0.3 is 0 Å². The summed E-state index contributed by atoms with van der Waals surface area (Å²) in [4.78, 5) is 8.24. The van der Waals surface area contributed by atoms with E-state index in [4.69, 9.17) is 11.6 Å². The van der Waals surface area contributed by atoms with E-state index in [1.807, 2.05) is 0 Å². The van der Waals surface area contributed by atoms with Crippen LogP contribution in [0.25, 0.3) is 0 Å². The molecule has 4 nitrogen and oxygen atoms in total. The van der Waals surface area contributed by atoms with Gasteiger partial charge in [-0.25, -0.2) is 9.97 Å². The molecule has 1 aromatic rings. The van der Waals surface area contributed by atoms with E-state index in [0.29, 0.717) is 11.1 Å². The summed E-state index contributed by atoms with van der Waals surface area (Å²) in [5, 5.41) is 13.2. The average Bonchev–Trinajstić information content (AvgIpc) is 2.32. The molecule has 1 rings (SSSR count). The van der Waals surface area contributed by atoms with E-state index in [2.05, 4.69) is 36.1 Å². The van der Waals surface area contributed by atoms with Crippen LogP contribution in [0.4, 0.5) is 5.82 Å². The second-order valence-corrected chi connectivity index (χ2v) is 5.25. The molecule has 0 aliphatic heterocycles. The van der Waals surface area contributed by atoms with Crippen molar-refractivity contribution in [2.45, 2.75) is 46.1 Å². The van der Waals surface area contributed by atoms with E-state index < -0.39 is 0 Å². The molecule has 102 valence electrons. The van der Waals surface area contributed by atoms with Crippen LogP contribution in [0.15, 0.2) is 6.33 Å².